The van der Waals surface area contributed by atoms with Gasteiger partial charge in [-0.2, -0.15) is 0 Å². The lowest BCUT2D eigenvalue weighted by molar-refractivity contribution is 0.923. The van der Waals surface area contributed by atoms with E-state index in [-0.39, 0.29) is 0 Å². The number of nitrogens with two attached hydrogens (primary N) is 1. The third-order valence-electron chi connectivity index (χ3n) is 2.56. The van der Waals surface area contributed by atoms with E-state index >= 15 is 0 Å². The number of aryl methyl sites for hydroxylation is 1. The van der Waals surface area contributed by atoms with Gasteiger partial charge in [0.25, 0.3) is 0 Å². The van der Waals surface area contributed by atoms with Crippen molar-refractivity contribution in [1.82, 2.24) is 4.98 Å². The molecule has 0 aliphatic heterocycles. The lowest BCUT2D eigenvalue weighted by atomic mass is 10.1. The summed E-state index contributed by atoms with van der Waals surface area (Å²) in [6, 6.07) is 10.5. The molecule has 2 aromatic rings. The summed E-state index contributed by atoms with van der Waals surface area (Å²) >= 11 is 0. The molecule has 1 aromatic heterocycles. The van der Waals surface area contributed by atoms with Crippen LogP contribution in [0.1, 0.15) is 24.6 Å². The van der Waals surface area contributed by atoms with Gasteiger partial charge in [0.05, 0.1) is 11.2 Å². The van der Waals surface area contributed by atoms with Crippen molar-refractivity contribution in [3.8, 4) is 0 Å². The molecule has 78 valence electrons. The fourth-order valence-corrected chi connectivity index (χ4v) is 1.78. The number of aromatic nitrogens is 1. The molecule has 0 atom stereocenters. The molecule has 1 heterocycles. The molecule has 1 aromatic carbocycles. The van der Waals surface area contributed by atoms with Gasteiger partial charge in [-0.3, -0.25) is 4.98 Å². The first-order chi connectivity index (χ1) is 7.33. The first-order valence-electron chi connectivity index (χ1n) is 5.42. The summed E-state index contributed by atoms with van der Waals surface area (Å²) in [6.45, 7) is 2.70. The Morgan fingerprint density at radius 1 is 1.20 bits per heavy atom. The Labute approximate surface area is 90.1 Å². The topological polar surface area (TPSA) is 38.9 Å². The lowest BCUT2D eigenvalue weighted by Crippen LogP contribution is -1.99. The van der Waals surface area contributed by atoms with Gasteiger partial charge in [-0.25, -0.2) is 0 Å². The molecule has 0 fully saturated rings. The summed E-state index contributed by atoms with van der Waals surface area (Å²) in [5.41, 5.74) is 8.93. The van der Waals surface area contributed by atoms with Crippen LogP contribution in [0.25, 0.3) is 10.9 Å². The number of benzene rings is 1. The van der Waals surface area contributed by atoms with Gasteiger partial charge in [0, 0.05) is 11.9 Å². The molecule has 2 N–H and O–H groups in total. The maximum atomic E-state index is 5.56. The molecule has 0 radical (unpaired) electrons. The Bertz CT molecular complexity index is 463. The average Bonchev–Trinajstić information content (AvgIpc) is 2.29. The molecular formula is C13H16N2. The highest BCUT2D eigenvalue weighted by molar-refractivity contribution is 5.79. The Hall–Kier alpha value is -1.41. The van der Waals surface area contributed by atoms with Crippen LogP contribution in [0.4, 0.5) is 0 Å². The minimum Gasteiger partial charge on any atom is -0.325 e. The molecule has 0 saturated heterocycles. The zero-order valence-electron chi connectivity index (χ0n) is 9.03. The fraction of sp³-hybridized carbons (Fsp3) is 0.308. The van der Waals surface area contributed by atoms with Crippen molar-refractivity contribution in [1.29, 1.82) is 0 Å². The second kappa shape index (κ2) is 4.41. The van der Waals surface area contributed by atoms with Crippen LogP contribution >= 0.6 is 0 Å². The molecule has 0 amide bonds. The van der Waals surface area contributed by atoms with Gasteiger partial charge in [-0.15, -0.1) is 0 Å². The van der Waals surface area contributed by atoms with Crippen LogP contribution in [-0.2, 0) is 13.0 Å². The zero-order chi connectivity index (χ0) is 10.7. The quantitative estimate of drug-likeness (QED) is 0.827. The van der Waals surface area contributed by atoms with Crippen molar-refractivity contribution in [3.05, 3.63) is 41.6 Å². The van der Waals surface area contributed by atoms with Crippen molar-refractivity contribution in [2.24, 2.45) is 5.73 Å². The van der Waals surface area contributed by atoms with Gasteiger partial charge in [0.1, 0.15) is 0 Å². The van der Waals surface area contributed by atoms with E-state index in [0.29, 0.717) is 6.54 Å². The maximum absolute atomic E-state index is 5.56. The summed E-state index contributed by atoms with van der Waals surface area (Å²) in [4.78, 5) is 4.47. The van der Waals surface area contributed by atoms with E-state index in [9.17, 15) is 0 Å². The van der Waals surface area contributed by atoms with Crippen molar-refractivity contribution in [2.75, 3.05) is 0 Å². The number of hydrogen-bond donors (Lipinski definition) is 1. The van der Waals surface area contributed by atoms with Gasteiger partial charge >= 0.3 is 0 Å². The van der Waals surface area contributed by atoms with Gasteiger partial charge < -0.3 is 5.73 Å². The largest absolute Gasteiger partial charge is 0.325 e. The van der Waals surface area contributed by atoms with E-state index in [1.165, 1.54) is 17.4 Å². The Morgan fingerprint density at radius 2 is 2.07 bits per heavy atom. The average molecular weight is 200 g/mol. The number of pyridine rings is 1. The summed E-state index contributed by atoms with van der Waals surface area (Å²) in [6.07, 6.45) is 2.31. The molecule has 15 heavy (non-hydrogen) atoms. The number of rotatable bonds is 3. The Morgan fingerprint density at radius 3 is 2.80 bits per heavy atom. The molecule has 0 bridgehead atoms. The minimum absolute atomic E-state index is 0.507. The van der Waals surface area contributed by atoms with Crippen LogP contribution in [0.3, 0.4) is 0 Å². The van der Waals surface area contributed by atoms with Crippen molar-refractivity contribution >= 4 is 10.9 Å². The smallest absolute Gasteiger partial charge is 0.0706 e. The summed E-state index contributed by atoms with van der Waals surface area (Å²) in [7, 11) is 0. The van der Waals surface area contributed by atoms with Crippen LogP contribution in [0.15, 0.2) is 30.3 Å². The van der Waals surface area contributed by atoms with E-state index < -0.39 is 0 Å². The van der Waals surface area contributed by atoms with Gasteiger partial charge in [-0.1, -0.05) is 25.5 Å². The molecule has 2 nitrogen and oxygen atoms in total. The second-order valence-corrected chi connectivity index (χ2v) is 3.78. The van der Waals surface area contributed by atoms with E-state index in [2.05, 4.69) is 36.2 Å². The Balaban J connectivity index is 2.45. The predicted octanol–water partition coefficient (Wildman–Crippen LogP) is 2.65. The number of nitrogens with zero attached hydrogens (tertiary/aromatic N) is 1. The number of fused-ring (bicyclic) bond motifs is 1. The van der Waals surface area contributed by atoms with Crippen LogP contribution in [0, 0.1) is 0 Å². The molecular weight excluding hydrogens is 184 g/mol. The standard InChI is InChI=1S/C13H16N2/c1-2-3-10-4-7-13-11(8-10)5-6-12(9-14)15-13/h4-8H,2-3,9,14H2,1H3. The highest BCUT2D eigenvalue weighted by atomic mass is 14.7. The first kappa shape index (κ1) is 10.1. The van der Waals surface area contributed by atoms with Crippen LogP contribution in [-0.4, -0.2) is 4.98 Å². The van der Waals surface area contributed by atoms with Gasteiger partial charge in [-0.05, 0) is 30.2 Å². The molecule has 0 aliphatic carbocycles. The SMILES string of the molecule is CCCc1ccc2nc(CN)ccc2c1. The van der Waals surface area contributed by atoms with Crippen molar-refractivity contribution in [2.45, 2.75) is 26.3 Å². The molecule has 0 aliphatic rings. The second-order valence-electron chi connectivity index (χ2n) is 3.78. The third-order valence-corrected chi connectivity index (χ3v) is 2.56. The summed E-state index contributed by atoms with van der Waals surface area (Å²) < 4.78 is 0. The fourth-order valence-electron chi connectivity index (χ4n) is 1.78. The third kappa shape index (κ3) is 2.16. The van der Waals surface area contributed by atoms with E-state index in [4.69, 9.17) is 5.73 Å². The van der Waals surface area contributed by atoms with Crippen LogP contribution in [0.2, 0.25) is 0 Å². The normalized spacial score (nSPS) is 10.8. The van der Waals surface area contributed by atoms with Crippen LogP contribution < -0.4 is 5.73 Å². The Kier molecular flexibility index (Phi) is 2.97. The summed E-state index contributed by atoms with van der Waals surface area (Å²) in [5, 5.41) is 1.21. The van der Waals surface area contributed by atoms with E-state index in [0.717, 1.165) is 17.6 Å². The molecule has 0 spiro atoms. The van der Waals surface area contributed by atoms with E-state index in [1.54, 1.807) is 0 Å². The first-order valence-corrected chi connectivity index (χ1v) is 5.42. The maximum Gasteiger partial charge on any atom is 0.0706 e. The predicted molar refractivity (Wildman–Crippen MR) is 63.6 cm³/mol. The zero-order valence-corrected chi connectivity index (χ0v) is 9.03. The molecule has 2 heteroatoms. The molecule has 0 unspecified atom stereocenters. The lowest BCUT2D eigenvalue weighted by Gasteiger charge is -2.03. The molecule has 2 rings (SSSR count). The molecule has 0 saturated carbocycles. The summed E-state index contributed by atoms with van der Waals surface area (Å²) in [5.74, 6) is 0. The number of hydrogen-bond acceptors (Lipinski definition) is 2. The minimum atomic E-state index is 0.507. The highest BCUT2D eigenvalue weighted by Gasteiger charge is 1.98. The van der Waals surface area contributed by atoms with Gasteiger partial charge in [0.2, 0.25) is 0 Å². The monoisotopic (exact) mass is 200 g/mol. The van der Waals surface area contributed by atoms with Crippen molar-refractivity contribution < 1.29 is 0 Å². The van der Waals surface area contributed by atoms with E-state index in [1.807, 2.05) is 6.07 Å². The van der Waals surface area contributed by atoms with Crippen molar-refractivity contribution in [3.63, 3.8) is 0 Å². The highest BCUT2D eigenvalue weighted by Crippen LogP contribution is 2.15. The van der Waals surface area contributed by atoms with Crippen LogP contribution in [0.5, 0.6) is 0 Å². The van der Waals surface area contributed by atoms with Gasteiger partial charge in [0.15, 0.2) is 0 Å².